The molecule has 1 amide bonds. The number of alkyl halides is 3. The topological polar surface area (TPSA) is 54.9 Å². The van der Waals surface area contributed by atoms with Crippen LogP contribution >= 0.6 is 23.7 Å². The van der Waals surface area contributed by atoms with Gasteiger partial charge in [0.05, 0.1) is 23.4 Å². The molecule has 1 aliphatic heterocycles. The van der Waals surface area contributed by atoms with Crippen LogP contribution in [0.1, 0.15) is 12.8 Å². The Bertz CT molecular complexity index is 854. The Hall–Kier alpha value is -1.62. The van der Waals surface area contributed by atoms with Crippen LogP contribution in [0, 0.1) is 5.92 Å². The van der Waals surface area contributed by atoms with Gasteiger partial charge in [0.25, 0.3) is 0 Å². The number of rotatable bonds is 6. The normalized spacial score (nSPS) is 17.8. The van der Waals surface area contributed by atoms with Gasteiger partial charge in [0, 0.05) is 38.2 Å². The van der Waals surface area contributed by atoms with Gasteiger partial charge in [0.15, 0.2) is 5.13 Å². The van der Waals surface area contributed by atoms with Gasteiger partial charge in [-0.05, 0) is 25.0 Å². The number of ether oxygens (including phenoxy) is 2. The van der Waals surface area contributed by atoms with Crippen molar-refractivity contribution in [1.82, 2.24) is 9.88 Å². The minimum absolute atomic E-state index is 0. The summed E-state index contributed by atoms with van der Waals surface area (Å²) in [6.07, 6.45) is -2.99. The lowest BCUT2D eigenvalue weighted by Crippen LogP contribution is -2.43. The number of carbonyl (C=O) groups excluding carboxylic acids is 1. The minimum Gasteiger partial charge on any atom is -0.406 e. The van der Waals surface area contributed by atoms with Gasteiger partial charge < -0.3 is 9.47 Å². The maximum absolute atomic E-state index is 12.8. The summed E-state index contributed by atoms with van der Waals surface area (Å²) in [7, 11) is 0. The molecule has 0 radical (unpaired) electrons. The number of anilines is 1. The van der Waals surface area contributed by atoms with Crippen molar-refractivity contribution in [2.45, 2.75) is 19.2 Å². The van der Waals surface area contributed by atoms with Crippen molar-refractivity contribution in [3.8, 4) is 5.75 Å². The standard InChI is InChI=1S/C18H20F3N3O3S.ClH/c19-18(20,21)27-13-3-4-14-15(11-13)28-17(22-14)24(16(25)12-1-2-12)6-5-23-7-9-26-10-8-23;/h3-4,11-12H,1-2,5-10H2;1H. The summed E-state index contributed by atoms with van der Waals surface area (Å²) >= 11 is 1.21. The second-order valence-corrected chi connectivity index (χ2v) is 7.90. The van der Waals surface area contributed by atoms with Gasteiger partial charge in [0.2, 0.25) is 5.91 Å². The van der Waals surface area contributed by atoms with E-state index in [0.29, 0.717) is 41.7 Å². The first-order valence-electron chi connectivity index (χ1n) is 9.17. The number of benzene rings is 1. The van der Waals surface area contributed by atoms with Crippen LogP contribution in [0.2, 0.25) is 0 Å². The largest absolute Gasteiger partial charge is 0.573 e. The van der Waals surface area contributed by atoms with Gasteiger partial charge in [-0.3, -0.25) is 14.6 Å². The Kier molecular flexibility index (Phi) is 6.87. The molecule has 2 heterocycles. The highest BCUT2D eigenvalue weighted by Gasteiger charge is 2.35. The van der Waals surface area contributed by atoms with Crippen LogP contribution in [0.25, 0.3) is 10.2 Å². The molecule has 1 saturated carbocycles. The lowest BCUT2D eigenvalue weighted by atomic mass is 10.3. The predicted molar refractivity (Wildman–Crippen MR) is 106 cm³/mol. The van der Waals surface area contributed by atoms with Gasteiger partial charge >= 0.3 is 6.36 Å². The van der Waals surface area contributed by atoms with Gasteiger partial charge in [-0.2, -0.15) is 0 Å². The van der Waals surface area contributed by atoms with Crippen molar-refractivity contribution in [3.05, 3.63) is 18.2 Å². The average molecular weight is 452 g/mol. The molecule has 0 bridgehead atoms. The quantitative estimate of drug-likeness (QED) is 0.670. The van der Waals surface area contributed by atoms with Crippen LogP contribution in [-0.2, 0) is 9.53 Å². The van der Waals surface area contributed by atoms with E-state index in [1.807, 2.05) is 0 Å². The fourth-order valence-electron chi connectivity index (χ4n) is 3.12. The summed E-state index contributed by atoms with van der Waals surface area (Å²) < 4.78 is 47.2. The fourth-order valence-corrected chi connectivity index (χ4v) is 4.15. The highest BCUT2D eigenvalue weighted by molar-refractivity contribution is 7.22. The van der Waals surface area contributed by atoms with Crippen molar-refractivity contribution in [1.29, 1.82) is 0 Å². The van der Waals surface area contributed by atoms with Crippen molar-refractivity contribution in [2.75, 3.05) is 44.3 Å². The molecule has 1 aromatic heterocycles. The molecule has 160 valence electrons. The Morgan fingerprint density at radius 2 is 2.03 bits per heavy atom. The predicted octanol–water partition coefficient (Wildman–Crippen LogP) is 3.69. The molecule has 0 spiro atoms. The highest BCUT2D eigenvalue weighted by atomic mass is 35.5. The highest BCUT2D eigenvalue weighted by Crippen LogP contribution is 2.37. The van der Waals surface area contributed by atoms with Crippen molar-refractivity contribution in [3.63, 3.8) is 0 Å². The third kappa shape index (κ3) is 5.71. The molecule has 4 rings (SSSR count). The number of aromatic nitrogens is 1. The molecule has 0 N–H and O–H groups in total. The molecule has 0 unspecified atom stereocenters. The number of hydrogen-bond donors (Lipinski definition) is 0. The van der Waals surface area contributed by atoms with Crippen LogP contribution in [0.4, 0.5) is 18.3 Å². The molecule has 2 aliphatic rings. The van der Waals surface area contributed by atoms with Crippen LogP contribution in [0.3, 0.4) is 0 Å². The van der Waals surface area contributed by atoms with E-state index in [1.54, 1.807) is 4.90 Å². The van der Waals surface area contributed by atoms with E-state index < -0.39 is 6.36 Å². The van der Waals surface area contributed by atoms with Crippen molar-refractivity contribution >= 4 is 45.0 Å². The van der Waals surface area contributed by atoms with E-state index in [-0.39, 0.29) is 30.0 Å². The fraction of sp³-hybridized carbons (Fsp3) is 0.556. The third-order valence-electron chi connectivity index (χ3n) is 4.75. The molecule has 29 heavy (non-hydrogen) atoms. The monoisotopic (exact) mass is 451 g/mol. The molecule has 2 fully saturated rings. The van der Waals surface area contributed by atoms with Gasteiger partial charge in [-0.25, -0.2) is 4.98 Å². The van der Waals surface area contributed by atoms with Crippen LogP contribution < -0.4 is 9.64 Å². The molecule has 1 saturated heterocycles. The van der Waals surface area contributed by atoms with E-state index in [1.165, 1.54) is 29.5 Å². The SMILES string of the molecule is Cl.O=C(C1CC1)N(CCN1CCOCC1)c1nc2ccc(OC(F)(F)F)cc2s1. The average Bonchev–Trinajstić information content (AvgIpc) is 3.41. The maximum Gasteiger partial charge on any atom is 0.573 e. The zero-order valence-electron chi connectivity index (χ0n) is 15.5. The zero-order chi connectivity index (χ0) is 19.7. The molecule has 11 heteroatoms. The van der Waals surface area contributed by atoms with E-state index in [4.69, 9.17) is 4.74 Å². The lowest BCUT2D eigenvalue weighted by molar-refractivity contribution is -0.274. The number of fused-ring (bicyclic) bond motifs is 1. The minimum atomic E-state index is -4.74. The smallest absolute Gasteiger partial charge is 0.406 e. The Labute approximate surface area is 176 Å². The second kappa shape index (κ2) is 9.03. The summed E-state index contributed by atoms with van der Waals surface area (Å²) in [5.74, 6) is -0.219. The number of thiazole rings is 1. The van der Waals surface area contributed by atoms with Crippen LogP contribution in [0.5, 0.6) is 5.75 Å². The van der Waals surface area contributed by atoms with Crippen molar-refractivity contribution < 1.29 is 27.4 Å². The molecule has 1 aliphatic carbocycles. The Morgan fingerprint density at radius 1 is 1.31 bits per heavy atom. The number of carbonyl (C=O) groups is 1. The molecule has 2 aromatic rings. The van der Waals surface area contributed by atoms with E-state index in [2.05, 4.69) is 14.6 Å². The number of nitrogens with zero attached hydrogens (tertiary/aromatic N) is 3. The van der Waals surface area contributed by atoms with Crippen molar-refractivity contribution in [2.24, 2.45) is 5.92 Å². The van der Waals surface area contributed by atoms with E-state index in [0.717, 1.165) is 25.9 Å². The Morgan fingerprint density at radius 3 is 2.69 bits per heavy atom. The van der Waals surface area contributed by atoms with Crippen LogP contribution in [-0.4, -0.2) is 61.5 Å². The summed E-state index contributed by atoms with van der Waals surface area (Å²) in [6.45, 7) is 4.22. The zero-order valence-corrected chi connectivity index (χ0v) is 17.1. The summed E-state index contributed by atoms with van der Waals surface area (Å²) in [5.41, 5.74) is 0.550. The third-order valence-corrected chi connectivity index (χ3v) is 5.79. The number of amides is 1. The summed E-state index contributed by atoms with van der Waals surface area (Å²) in [6, 6.07) is 4.03. The van der Waals surface area contributed by atoms with E-state index in [9.17, 15) is 18.0 Å². The van der Waals surface area contributed by atoms with E-state index >= 15 is 0 Å². The van der Waals surface area contributed by atoms with Gasteiger partial charge in [-0.1, -0.05) is 11.3 Å². The van der Waals surface area contributed by atoms with Gasteiger partial charge in [0.1, 0.15) is 5.75 Å². The van der Waals surface area contributed by atoms with Crippen LogP contribution in [0.15, 0.2) is 18.2 Å². The molecule has 1 aromatic carbocycles. The first kappa shape index (κ1) is 22.1. The molecule has 6 nitrogen and oxygen atoms in total. The number of morpholine rings is 1. The summed E-state index contributed by atoms with van der Waals surface area (Å²) in [4.78, 5) is 21.2. The Balaban J connectivity index is 0.00000240. The number of halogens is 4. The second-order valence-electron chi connectivity index (χ2n) is 6.89. The maximum atomic E-state index is 12.8. The lowest BCUT2D eigenvalue weighted by Gasteiger charge is -2.29. The first-order chi connectivity index (χ1) is 13.4. The molecular formula is C18H21ClF3N3O3S. The summed E-state index contributed by atoms with van der Waals surface area (Å²) in [5, 5.41) is 0.518. The van der Waals surface area contributed by atoms with Gasteiger partial charge in [-0.15, -0.1) is 25.6 Å². The molecule has 0 atom stereocenters. The first-order valence-corrected chi connectivity index (χ1v) is 9.98. The molecular weight excluding hydrogens is 431 g/mol. The number of hydrogen-bond acceptors (Lipinski definition) is 6.